The minimum absolute atomic E-state index is 0.839. The molecule has 7 nitrogen and oxygen atoms in total. The normalized spacial score (nSPS) is 12.5. The van der Waals surface area contributed by atoms with Crippen LogP contribution in [0.1, 0.15) is 34.6 Å². The minimum atomic E-state index is -4.16. The molecule has 0 saturated heterocycles. The van der Waals surface area contributed by atoms with E-state index in [1.165, 1.54) is 27.7 Å². The van der Waals surface area contributed by atoms with Crippen LogP contribution in [0.25, 0.3) is 0 Å². The molecule has 0 rings (SSSR count). The average molecular weight is 294 g/mol. The van der Waals surface area contributed by atoms with Crippen molar-refractivity contribution in [2.24, 2.45) is 0 Å². The molecule has 0 radical (unpaired) electrons. The molecule has 1 N–H and O–H groups in total. The number of hydrogen-bond donors (Lipinski definition) is 1. The summed E-state index contributed by atoms with van der Waals surface area (Å²) in [5.74, 6) is 3.36. The monoisotopic (exact) mass is 294 g/mol. The maximum absolute atomic E-state index is 11.3. The fourth-order valence-corrected chi connectivity index (χ4v) is 1.36. The van der Waals surface area contributed by atoms with Gasteiger partial charge >= 0.3 is 16.1 Å². The molecule has 19 heavy (non-hydrogen) atoms. The summed E-state index contributed by atoms with van der Waals surface area (Å²) in [4.78, 5) is 14.3. The van der Waals surface area contributed by atoms with Crippen molar-refractivity contribution in [2.75, 3.05) is 5.94 Å². The van der Waals surface area contributed by atoms with E-state index in [2.05, 4.69) is 21.1 Å². The molecule has 0 heterocycles. The highest BCUT2D eigenvalue weighted by molar-refractivity contribution is 7.86. The van der Waals surface area contributed by atoms with Gasteiger partial charge in [-0.3, -0.25) is 4.89 Å². The van der Waals surface area contributed by atoms with Crippen molar-refractivity contribution in [3.63, 3.8) is 0 Å². The summed E-state index contributed by atoms with van der Waals surface area (Å²) < 4.78 is 31.5. The lowest BCUT2D eigenvalue weighted by atomic mass is 10.1. The Hall–Kier alpha value is -1.14. The molecule has 0 unspecified atom stereocenters. The van der Waals surface area contributed by atoms with Crippen molar-refractivity contribution in [1.29, 1.82) is 0 Å². The van der Waals surface area contributed by atoms with Crippen LogP contribution in [-0.4, -0.2) is 36.6 Å². The number of ether oxygens (including phenoxy) is 1. The molecule has 0 saturated carbocycles. The van der Waals surface area contributed by atoms with Crippen molar-refractivity contribution < 1.29 is 32.3 Å². The molecule has 0 aromatic carbocycles. The van der Waals surface area contributed by atoms with Gasteiger partial charge in [0.05, 0.1) is 0 Å². The Balaban J connectivity index is 4.53. The Morgan fingerprint density at radius 3 is 2.16 bits per heavy atom. The summed E-state index contributed by atoms with van der Waals surface area (Å²) in [5.41, 5.74) is -2.33. The molecule has 0 spiro atoms. The molecule has 0 aliphatic carbocycles. The Labute approximate surface area is 112 Å². The predicted molar refractivity (Wildman–Crippen MR) is 65.9 cm³/mol. The van der Waals surface area contributed by atoms with E-state index in [0.717, 1.165) is 6.92 Å². The molecule has 110 valence electrons. The molecule has 0 amide bonds. The molecular weight excluding hydrogens is 276 g/mol. The molecule has 0 atom stereocenters. The number of carbonyl (C=O) groups excluding carboxylic acids is 1. The Bertz CT molecular complexity index is 473. The minimum Gasteiger partial charge on any atom is -0.378 e. The van der Waals surface area contributed by atoms with Crippen molar-refractivity contribution in [2.45, 2.75) is 45.8 Å². The Kier molecular flexibility index (Phi) is 5.96. The van der Waals surface area contributed by atoms with E-state index in [0.29, 0.717) is 0 Å². The smallest absolute Gasteiger partial charge is 0.340 e. The second kappa shape index (κ2) is 6.34. The van der Waals surface area contributed by atoms with Gasteiger partial charge in [0.25, 0.3) is 0 Å². The highest BCUT2D eigenvalue weighted by Crippen LogP contribution is 2.11. The van der Waals surface area contributed by atoms with Gasteiger partial charge in [0.15, 0.2) is 5.94 Å². The third-order valence-corrected chi connectivity index (χ3v) is 2.17. The predicted octanol–water partition coefficient (Wildman–Crippen LogP) is 0.338. The van der Waals surface area contributed by atoms with Gasteiger partial charge in [0.2, 0.25) is 0 Å². The number of carbonyl (C=O) groups is 1. The first-order valence-corrected chi connectivity index (χ1v) is 6.91. The van der Waals surface area contributed by atoms with Crippen LogP contribution in [0.2, 0.25) is 0 Å². The fraction of sp³-hybridized carbons (Fsp3) is 0.727. The zero-order chi connectivity index (χ0) is 15.3. The van der Waals surface area contributed by atoms with E-state index < -0.39 is 33.2 Å². The van der Waals surface area contributed by atoms with Crippen LogP contribution < -0.4 is 0 Å². The average Bonchev–Trinajstić information content (AvgIpc) is 2.21. The maximum Gasteiger partial charge on any atom is 0.340 e. The quantitative estimate of drug-likeness (QED) is 0.443. The lowest BCUT2D eigenvalue weighted by Gasteiger charge is -2.19. The summed E-state index contributed by atoms with van der Waals surface area (Å²) in [7, 11) is -4.16. The molecular formula is C11H18O7S. The number of rotatable bonds is 5. The van der Waals surface area contributed by atoms with Crippen molar-refractivity contribution in [1.82, 2.24) is 0 Å². The first kappa shape index (κ1) is 17.9. The van der Waals surface area contributed by atoms with Gasteiger partial charge in [-0.1, -0.05) is 16.2 Å². The van der Waals surface area contributed by atoms with E-state index in [1.54, 1.807) is 0 Å². The van der Waals surface area contributed by atoms with Crippen LogP contribution in [0.3, 0.4) is 0 Å². The highest BCUT2D eigenvalue weighted by Gasteiger charge is 2.23. The molecule has 0 aromatic rings. The molecule has 0 aliphatic heterocycles. The first-order valence-electron chi connectivity index (χ1n) is 5.33. The van der Waals surface area contributed by atoms with Gasteiger partial charge in [-0.15, -0.1) is 0 Å². The zero-order valence-electron chi connectivity index (χ0n) is 11.5. The van der Waals surface area contributed by atoms with Crippen LogP contribution >= 0.6 is 0 Å². The molecule has 0 aliphatic rings. The Morgan fingerprint density at radius 1 is 1.21 bits per heavy atom. The van der Waals surface area contributed by atoms with Crippen LogP contribution in [0.5, 0.6) is 0 Å². The van der Waals surface area contributed by atoms with E-state index in [1.807, 2.05) is 0 Å². The van der Waals surface area contributed by atoms with Crippen LogP contribution in [0, 0.1) is 11.8 Å². The second-order valence-corrected chi connectivity index (χ2v) is 6.27. The zero-order valence-corrected chi connectivity index (χ0v) is 12.3. The van der Waals surface area contributed by atoms with Gasteiger partial charge < -0.3 is 9.84 Å². The van der Waals surface area contributed by atoms with Gasteiger partial charge in [-0.05, 0) is 27.7 Å². The second-order valence-electron chi connectivity index (χ2n) is 4.78. The lowest BCUT2D eigenvalue weighted by molar-refractivity contribution is -0.209. The molecule has 0 fully saturated rings. The van der Waals surface area contributed by atoms with Crippen LogP contribution in [0.4, 0.5) is 0 Å². The summed E-state index contributed by atoms with van der Waals surface area (Å²) >= 11 is 0. The summed E-state index contributed by atoms with van der Waals surface area (Å²) in [6.45, 7) is 7.00. The Morgan fingerprint density at radius 2 is 1.74 bits per heavy atom. The van der Waals surface area contributed by atoms with Crippen molar-refractivity contribution in [3.8, 4) is 11.8 Å². The fourth-order valence-electron chi connectivity index (χ4n) is 0.678. The van der Waals surface area contributed by atoms with Crippen LogP contribution in [-0.2, 0) is 28.9 Å². The van der Waals surface area contributed by atoms with E-state index in [-0.39, 0.29) is 0 Å². The van der Waals surface area contributed by atoms with Gasteiger partial charge in [-0.25, -0.2) is 4.79 Å². The summed E-state index contributed by atoms with van der Waals surface area (Å²) in [6, 6.07) is 0. The largest absolute Gasteiger partial charge is 0.378 e. The SMILES string of the molecule is CC(=O)OOS(=O)(=O)COC(C)(C)C#CC(C)(C)O. The number of hydrogen-bond acceptors (Lipinski definition) is 7. The number of aliphatic hydroxyl groups is 1. The molecule has 0 bridgehead atoms. The van der Waals surface area contributed by atoms with Crippen molar-refractivity contribution in [3.05, 3.63) is 0 Å². The topological polar surface area (TPSA) is 99.1 Å². The van der Waals surface area contributed by atoms with E-state index >= 15 is 0 Å². The third kappa shape index (κ3) is 10.5. The van der Waals surface area contributed by atoms with E-state index in [9.17, 15) is 18.3 Å². The van der Waals surface area contributed by atoms with E-state index in [4.69, 9.17) is 4.74 Å². The molecule has 8 heteroatoms. The highest BCUT2D eigenvalue weighted by atomic mass is 32.2. The standard InChI is InChI=1S/C11H18O7S/c1-9(12)17-18-19(14,15)8-16-11(4,5)7-6-10(2,3)13/h13H,8H2,1-5H3. The summed E-state index contributed by atoms with van der Waals surface area (Å²) in [6.07, 6.45) is 0. The van der Waals surface area contributed by atoms with Gasteiger partial charge in [0, 0.05) is 6.92 Å². The summed E-state index contributed by atoms with van der Waals surface area (Å²) in [5, 5.41) is 9.42. The maximum atomic E-state index is 11.3. The van der Waals surface area contributed by atoms with Gasteiger partial charge in [0.1, 0.15) is 11.2 Å². The lowest BCUT2D eigenvalue weighted by Crippen LogP contribution is -2.28. The van der Waals surface area contributed by atoms with Crippen molar-refractivity contribution >= 4 is 16.1 Å². The molecule has 0 aromatic heterocycles. The third-order valence-electron chi connectivity index (χ3n) is 1.49. The first-order chi connectivity index (χ1) is 8.33. The van der Waals surface area contributed by atoms with Crippen LogP contribution in [0.15, 0.2) is 0 Å². The van der Waals surface area contributed by atoms with Gasteiger partial charge in [-0.2, -0.15) is 8.42 Å².